The van der Waals surface area contributed by atoms with E-state index in [0.717, 1.165) is 18.5 Å². The van der Waals surface area contributed by atoms with Gasteiger partial charge in [0.25, 0.3) is 0 Å². The van der Waals surface area contributed by atoms with Gasteiger partial charge in [-0.3, -0.25) is 0 Å². The summed E-state index contributed by atoms with van der Waals surface area (Å²) in [6.45, 7) is 1.92. The molecule has 2 rings (SSSR count). The summed E-state index contributed by atoms with van der Waals surface area (Å²) in [6.07, 6.45) is 2.41. The number of ether oxygens (including phenoxy) is 1. The van der Waals surface area contributed by atoms with Gasteiger partial charge in [0.2, 0.25) is 5.88 Å². The third-order valence-electron chi connectivity index (χ3n) is 3.87. The zero-order chi connectivity index (χ0) is 19.8. The van der Waals surface area contributed by atoms with E-state index in [9.17, 15) is 4.79 Å². The van der Waals surface area contributed by atoms with Crippen LogP contribution in [0.25, 0.3) is 0 Å². The standard InChI is InChI=1S/C19H24Cl2N4O2/c1-24(2)9-4-10-25(13-14-5-7-16(20)17(21)11-14)19(26)23-15-6-8-18(27-3)22-12-15/h5-8,11-12H,4,9-10,13H2,1-3H3,(H,23,26). The Morgan fingerprint density at radius 2 is 1.93 bits per heavy atom. The number of halogens is 2. The maximum Gasteiger partial charge on any atom is 0.322 e. The van der Waals surface area contributed by atoms with Crippen molar-refractivity contribution in [2.75, 3.05) is 39.6 Å². The zero-order valence-electron chi connectivity index (χ0n) is 15.7. The Morgan fingerprint density at radius 3 is 2.52 bits per heavy atom. The minimum Gasteiger partial charge on any atom is -0.481 e. The topological polar surface area (TPSA) is 57.7 Å². The first-order valence-corrected chi connectivity index (χ1v) is 9.29. The summed E-state index contributed by atoms with van der Waals surface area (Å²) in [5.41, 5.74) is 1.52. The minimum absolute atomic E-state index is 0.202. The van der Waals surface area contributed by atoms with Gasteiger partial charge in [-0.1, -0.05) is 29.3 Å². The van der Waals surface area contributed by atoms with Crippen LogP contribution in [0, 0.1) is 0 Å². The number of aromatic nitrogens is 1. The van der Waals surface area contributed by atoms with Crippen LogP contribution in [-0.4, -0.2) is 55.1 Å². The first-order chi connectivity index (χ1) is 12.9. The summed E-state index contributed by atoms with van der Waals surface area (Å²) in [6, 6.07) is 8.64. The molecule has 0 radical (unpaired) electrons. The third kappa shape index (κ3) is 6.90. The number of urea groups is 1. The van der Waals surface area contributed by atoms with Gasteiger partial charge < -0.3 is 19.9 Å². The molecule has 0 aliphatic carbocycles. The number of hydrogen-bond acceptors (Lipinski definition) is 4. The van der Waals surface area contributed by atoms with Crippen molar-refractivity contribution < 1.29 is 9.53 Å². The van der Waals surface area contributed by atoms with E-state index in [1.165, 1.54) is 0 Å². The number of hydrogen-bond donors (Lipinski definition) is 1. The quantitative estimate of drug-likeness (QED) is 0.701. The predicted molar refractivity (Wildman–Crippen MR) is 110 cm³/mol. The molecule has 2 aromatic rings. The highest BCUT2D eigenvalue weighted by Crippen LogP contribution is 2.23. The molecule has 1 aromatic heterocycles. The molecule has 0 bridgehead atoms. The van der Waals surface area contributed by atoms with Crippen LogP contribution < -0.4 is 10.1 Å². The van der Waals surface area contributed by atoms with Gasteiger partial charge in [0, 0.05) is 19.2 Å². The second-order valence-electron chi connectivity index (χ2n) is 6.35. The highest BCUT2D eigenvalue weighted by Gasteiger charge is 2.15. The van der Waals surface area contributed by atoms with E-state index >= 15 is 0 Å². The van der Waals surface area contributed by atoms with Crippen molar-refractivity contribution in [1.29, 1.82) is 0 Å². The summed E-state index contributed by atoms with van der Waals surface area (Å²) in [5, 5.41) is 3.84. The number of rotatable bonds is 8. The number of nitrogens with one attached hydrogen (secondary N) is 1. The molecule has 27 heavy (non-hydrogen) atoms. The SMILES string of the molecule is COc1ccc(NC(=O)N(CCCN(C)C)Cc2ccc(Cl)c(Cl)c2)cn1. The molecule has 0 fully saturated rings. The van der Waals surface area contributed by atoms with Crippen molar-refractivity contribution in [2.45, 2.75) is 13.0 Å². The van der Waals surface area contributed by atoms with Crippen LogP contribution in [0.4, 0.5) is 10.5 Å². The van der Waals surface area contributed by atoms with Gasteiger partial charge in [-0.15, -0.1) is 0 Å². The normalized spacial score (nSPS) is 10.7. The van der Waals surface area contributed by atoms with E-state index in [2.05, 4.69) is 15.2 Å². The predicted octanol–water partition coefficient (Wildman–Crippen LogP) is 4.38. The van der Waals surface area contributed by atoms with Crippen molar-refractivity contribution in [2.24, 2.45) is 0 Å². The molecular formula is C19H24Cl2N4O2. The van der Waals surface area contributed by atoms with Crippen LogP contribution in [0.3, 0.4) is 0 Å². The number of anilines is 1. The Bertz CT molecular complexity index is 754. The lowest BCUT2D eigenvalue weighted by atomic mass is 10.2. The monoisotopic (exact) mass is 410 g/mol. The van der Waals surface area contributed by atoms with Crippen molar-refractivity contribution in [3.63, 3.8) is 0 Å². The van der Waals surface area contributed by atoms with E-state index in [0.29, 0.717) is 34.7 Å². The summed E-state index contributed by atoms with van der Waals surface area (Å²) < 4.78 is 5.03. The fraction of sp³-hybridized carbons (Fsp3) is 0.368. The summed E-state index contributed by atoms with van der Waals surface area (Å²) in [7, 11) is 5.56. The average molecular weight is 411 g/mol. The van der Waals surface area contributed by atoms with E-state index in [1.54, 1.807) is 42.5 Å². The highest BCUT2D eigenvalue weighted by molar-refractivity contribution is 6.42. The lowest BCUT2D eigenvalue weighted by Crippen LogP contribution is -2.36. The number of pyridine rings is 1. The van der Waals surface area contributed by atoms with Crippen molar-refractivity contribution >= 4 is 34.9 Å². The lowest BCUT2D eigenvalue weighted by molar-refractivity contribution is 0.205. The number of methoxy groups -OCH3 is 1. The summed E-state index contributed by atoms with van der Waals surface area (Å²) in [4.78, 5) is 20.7. The second kappa shape index (κ2) is 10.3. The van der Waals surface area contributed by atoms with Crippen molar-refractivity contribution in [3.8, 4) is 5.88 Å². The highest BCUT2D eigenvalue weighted by atomic mass is 35.5. The van der Waals surface area contributed by atoms with Crippen LogP contribution in [0.5, 0.6) is 5.88 Å². The minimum atomic E-state index is -0.202. The van der Waals surface area contributed by atoms with Crippen LogP contribution in [0.1, 0.15) is 12.0 Å². The Morgan fingerprint density at radius 1 is 1.15 bits per heavy atom. The van der Waals surface area contributed by atoms with E-state index < -0.39 is 0 Å². The molecule has 0 spiro atoms. The number of nitrogens with zero attached hydrogens (tertiary/aromatic N) is 3. The maximum atomic E-state index is 12.8. The van der Waals surface area contributed by atoms with E-state index in [-0.39, 0.29) is 6.03 Å². The molecule has 0 saturated carbocycles. The molecule has 146 valence electrons. The number of carbonyl (C=O) groups excluding carboxylic acids is 1. The van der Waals surface area contributed by atoms with Gasteiger partial charge >= 0.3 is 6.03 Å². The van der Waals surface area contributed by atoms with E-state index in [1.807, 2.05) is 20.2 Å². The van der Waals surface area contributed by atoms with Crippen LogP contribution in [-0.2, 0) is 6.54 Å². The first kappa shape index (κ1) is 21.3. The van der Waals surface area contributed by atoms with E-state index in [4.69, 9.17) is 27.9 Å². The Labute approximate surface area is 170 Å². The van der Waals surface area contributed by atoms with Gasteiger partial charge in [-0.05, 0) is 50.8 Å². The molecule has 0 aliphatic heterocycles. The third-order valence-corrected chi connectivity index (χ3v) is 4.61. The molecular weight excluding hydrogens is 387 g/mol. The van der Waals surface area contributed by atoms with Gasteiger partial charge in [0.05, 0.1) is 29.0 Å². The van der Waals surface area contributed by atoms with Gasteiger partial charge in [0.1, 0.15) is 0 Å². The molecule has 1 heterocycles. The number of amides is 2. The average Bonchev–Trinajstić information content (AvgIpc) is 2.64. The molecule has 0 aliphatic rings. The fourth-order valence-corrected chi connectivity index (χ4v) is 2.79. The zero-order valence-corrected chi connectivity index (χ0v) is 17.2. The molecule has 1 N–H and O–H groups in total. The lowest BCUT2D eigenvalue weighted by Gasteiger charge is -2.24. The summed E-state index contributed by atoms with van der Waals surface area (Å²) in [5.74, 6) is 0.492. The molecule has 1 aromatic carbocycles. The van der Waals surface area contributed by atoms with Crippen molar-refractivity contribution in [3.05, 3.63) is 52.1 Å². The Balaban J connectivity index is 2.08. The molecule has 6 nitrogen and oxygen atoms in total. The first-order valence-electron chi connectivity index (χ1n) is 8.53. The Kier molecular flexibility index (Phi) is 8.16. The smallest absolute Gasteiger partial charge is 0.322 e. The number of benzene rings is 1. The Hall–Kier alpha value is -2.02. The molecule has 2 amide bonds. The van der Waals surface area contributed by atoms with Crippen LogP contribution >= 0.6 is 23.2 Å². The second-order valence-corrected chi connectivity index (χ2v) is 7.16. The van der Waals surface area contributed by atoms with Gasteiger partial charge in [-0.2, -0.15) is 0 Å². The fourth-order valence-electron chi connectivity index (χ4n) is 2.47. The van der Waals surface area contributed by atoms with Crippen LogP contribution in [0.2, 0.25) is 10.0 Å². The molecule has 0 unspecified atom stereocenters. The molecule has 0 atom stereocenters. The van der Waals surface area contributed by atoms with Crippen LogP contribution in [0.15, 0.2) is 36.5 Å². The maximum absolute atomic E-state index is 12.8. The van der Waals surface area contributed by atoms with Crippen molar-refractivity contribution in [1.82, 2.24) is 14.8 Å². The molecule has 0 saturated heterocycles. The van der Waals surface area contributed by atoms with Gasteiger partial charge in [-0.25, -0.2) is 9.78 Å². The number of carbonyl (C=O) groups is 1. The molecule has 8 heteroatoms. The van der Waals surface area contributed by atoms with Gasteiger partial charge in [0.15, 0.2) is 0 Å². The largest absolute Gasteiger partial charge is 0.481 e. The summed E-state index contributed by atoms with van der Waals surface area (Å²) >= 11 is 12.1.